The average molecular weight is 245 g/mol. The van der Waals surface area contributed by atoms with Crippen LogP contribution < -0.4 is 0 Å². The second-order valence-electron chi connectivity index (χ2n) is 5.02. The lowest BCUT2D eigenvalue weighted by molar-refractivity contribution is 0.553. The van der Waals surface area contributed by atoms with Gasteiger partial charge in [0.25, 0.3) is 0 Å². The van der Waals surface area contributed by atoms with Gasteiger partial charge < -0.3 is 9.80 Å². The second kappa shape index (κ2) is 5.89. The van der Waals surface area contributed by atoms with Gasteiger partial charge in [0.2, 0.25) is 5.96 Å². The molecule has 1 aromatic rings. The summed E-state index contributed by atoms with van der Waals surface area (Å²) in [5.74, 6) is 1.07. The molecule has 0 N–H and O–H groups in total. The third-order valence-electron chi connectivity index (χ3n) is 3.44. The number of aryl methyl sites for hydroxylation is 1. The SMILES string of the molecule is CCCCc1ccc(N=C2N(C)CCN2C)cc1. The van der Waals surface area contributed by atoms with Gasteiger partial charge in [0, 0.05) is 27.2 Å². The van der Waals surface area contributed by atoms with E-state index in [1.54, 1.807) is 0 Å². The van der Waals surface area contributed by atoms with Crippen LogP contribution in [0.1, 0.15) is 25.3 Å². The van der Waals surface area contributed by atoms with Gasteiger partial charge in [-0.3, -0.25) is 0 Å². The third-order valence-corrected chi connectivity index (χ3v) is 3.44. The molecule has 0 amide bonds. The molecule has 0 saturated carbocycles. The van der Waals surface area contributed by atoms with E-state index in [1.807, 2.05) is 0 Å². The maximum Gasteiger partial charge on any atom is 0.201 e. The molecule has 1 fully saturated rings. The van der Waals surface area contributed by atoms with Crippen LogP contribution in [0.25, 0.3) is 0 Å². The Kier molecular flexibility index (Phi) is 4.24. The van der Waals surface area contributed by atoms with Crippen LogP contribution in [0.4, 0.5) is 5.69 Å². The molecule has 1 saturated heterocycles. The van der Waals surface area contributed by atoms with Crippen molar-refractivity contribution < 1.29 is 0 Å². The number of nitrogens with zero attached hydrogens (tertiary/aromatic N) is 3. The van der Waals surface area contributed by atoms with Crippen molar-refractivity contribution in [3.8, 4) is 0 Å². The first-order chi connectivity index (χ1) is 8.70. The van der Waals surface area contributed by atoms with Gasteiger partial charge in [0.05, 0.1) is 5.69 Å². The van der Waals surface area contributed by atoms with Gasteiger partial charge in [-0.2, -0.15) is 0 Å². The van der Waals surface area contributed by atoms with E-state index in [9.17, 15) is 0 Å². The molecule has 1 heterocycles. The number of unbranched alkanes of at least 4 members (excludes halogenated alkanes) is 1. The Balaban J connectivity index is 2.07. The summed E-state index contributed by atoms with van der Waals surface area (Å²) in [4.78, 5) is 9.11. The molecule has 0 spiro atoms. The van der Waals surface area contributed by atoms with Crippen LogP contribution in [-0.2, 0) is 6.42 Å². The number of rotatable bonds is 4. The van der Waals surface area contributed by atoms with Gasteiger partial charge in [-0.25, -0.2) is 4.99 Å². The number of hydrogen-bond acceptors (Lipinski definition) is 1. The number of aliphatic imine (C=N–C) groups is 1. The number of guanidine groups is 1. The Bertz CT molecular complexity index is 396. The average Bonchev–Trinajstić information content (AvgIpc) is 2.70. The number of benzene rings is 1. The fourth-order valence-corrected chi connectivity index (χ4v) is 2.20. The predicted octanol–water partition coefficient (Wildman–Crippen LogP) is 2.89. The van der Waals surface area contributed by atoms with Crippen LogP contribution in [0.15, 0.2) is 29.3 Å². The van der Waals surface area contributed by atoms with Gasteiger partial charge in [-0.15, -0.1) is 0 Å². The smallest absolute Gasteiger partial charge is 0.201 e. The minimum atomic E-state index is 1.05. The maximum absolute atomic E-state index is 4.71. The zero-order valence-electron chi connectivity index (χ0n) is 11.7. The molecule has 18 heavy (non-hydrogen) atoms. The zero-order valence-corrected chi connectivity index (χ0v) is 11.7. The van der Waals surface area contributed by atoms with Crippen LogP contribution in [-0.4, -0.2) is 42.9 Å². The Morgan fingerprint density at radius 1 is 1.06 bits per heavy atom. The van der Waals surface area contributed by atoms with Crippen molar-refractivity contribution in [1.29, 1.82) is 0 Å². The summed E-state index contributed by atoms with van der Waals surface area (Å²) >= 11 is 0. The summed E-state index contributed by atoms with van der Waals surface area (Å²) in [6.07, 6.45) is 3.69. The molecule has 1 aromatic carbocycles. The van der Waals surface area contributed by atoms with Crippen molar-refractivity contribution in [2.75, 3.05) is 27.2 Å². The summed E-state index contributed by atoms with van der Waals surface area (Å²) in [6, 6.07) is 8.64. The monoisotopic (exact) mass is 245 g/mol. The molecule has 0 aromatic heterocycles. The Labute approximate surface area is 110 Å². The fraction of sp³-hybridized carbons (Fsp3) is 0.533. The van der Waals surface area contributed by atoms with E-state index in [2.05, 4.69) is 55.1 Å². The molecule has 0 radical (unpaired) electrons. The molecule has 2 rings (SSSR count). The van der Waals surface area contributed by atoms with Gasteiger partial charge in [0.1, 0.15) is 0 Å². The Morgan fingerprint density at radius 2 is 1.67 bits per heavy atom. The van der Waals surface area contributed by atoms with Crippen molar-refractivity contribution >= 4 is 11.6 Å². The minimum absolute atomic E-state index is 1.05. The van der Waals surface area contributed by atoms with Crippen molar-refractivity contribution in [2.24, 2.45) is 4.99 Å². The first-order valence-corrected chi connectivity index (χ1v) is 6.80. The van der Waals surface area contributed by atoms with Crippen LogP contribution in [0.5, 0.6) is 0 Å². The van der Waals surface area contributed by atoms with E-state index in [-0.39, 0.29) is 0 Å². The predicted molar refractivity (Wildman–Crippen MR) is 77.4 cm³/mol. The highest BCUT2D eigenvalue weighted by Crippen LogP contribution is 2.17. The molecule has 3 nitrogen and oxygen atoms in total. The summed E-state index contributed by atoms with van der Waals surface area (Å²) < 4.78 is 0. The van der Waals surface area contributed by atoms with E-state index in [0.717, 1.165) is 24.7 Å². The van der Waals surface area contributed by atoms with E-state index < -0.39 is 0 Å². The van der Waals surface area contributed by atoms with Crippen LogP contribution in [0.2, 0.25) is 0 Å². The molecular weight excluding hydrogens is 222 g/mol. The van der Waals surface area contributed by atoms with E-state index in [4.69, 9.17) is 4.99 Å². The van der Waals surface area contributed by atoms with Gasteiger partial charge in [-0.05, 0) is 30.5 Å². The van der Waals surface area contributed by atoms with Gasteiger partial charge >= 0.3 is 0 Å². The first-order valence-electron chi connectivity index (χ1n) is 6.80. The van der Waals surface area contributed by atoms with E-state index >= 15 is 0 Å². The topological polar surface area (TPSA) is 18.8 Å². The highest BCUT2D eigenvalue weighted by atomic mass is 15.4. The quantitative estimate of drug-likeness (QED) is 0.812. The summed E-state index contributed by atoms with van der Waals surface area (Å²) in [7, 11) is 4.19. The lowest BCUT2D eigenvalue weighted by Crippen LogP contribution is -2.27. The Hall–Kier alpha value is -1.51. The highest BCUT2D eigenvalue weighted by molar-refractivity contribution is 5.84. The number of hydrogen-bond donors (Lipinski definition) is 0. The maximum atomic E-state index is 4.71. The molecule has 0 atom stereocenters. The van der Waals surface area contributed by atoms with Crippen molar-refractivity contribution in [1.82, 2.24) is 9.80 Å². The summed E-state index contributed by atoms with van der Waals surface area (Å²) in [5.41, 5.74) is 2.46. The largest absolute Gasteiger partial charge is 0.344 e. The molecule has 3 heteroatoms. The van der Waals surface area contributed by atoms with Crippen molar-refractivity contribution in [3.63, 3.8) is 0 Å². The van der Waals surface area contributed by atoms with E-state index in [0.29, 0.717) is 0 Å². The van der Waals surface area contributed by atoms with Crippen molar-refractivity contribution in [2.45, 2.75) is 26.2 Å². The minimum Gasteiger partial charge on any atom is -0.344 e. The molecule has 0 unspecified atom stereocenters. The molecule has 98 valence electrons. The van der Waals surface area contributed by atoms with Gasteiger partial charge in [-0.1, -0.05) is 25.5 Å². The lowest BCUT2D eigenvalue weighted by atomic mass is 10.1. The molecular formula is C15H23N3. The molecule has 0 bridgehead atoms. The first kappa shape index (κ1) is 12.9. The van der Waals surface area contributed by atoms with Crippen LogP contribution in [0, 0.1) is 0 Å². The third kappa shape index (κ3) is 3.03. The Morgan fingerprint density at radius 3 is 2.22 bits per heavy atom. The fourth-order valence-electron chi connectivity index (χ4n) is 2.20. The summed E-state index contributed by atoms with van der Waals surface area (Å²) in [6.45, 7) is 4.35. The summed E-state index contributed by atoms with van der Waals surface area (Å²) in [5, 5.41) is 0. The second-order valence-corrected chi connectivity index (χ2v) is 5.02. The lowest BCUT2D eigenvalue weighted by Gasteiger charge is -2.15. The zero-order chi connectivity index (χ0) is 13.0. The van der Waals surface area contributed by atoms with Gasteiger partial charge in [0.15, 0.2) is 0 Å². The standard InChI is InChI=1S/C15H23N3/c1-4-5-6-13-7-9-14(10-8-13)16-15-17(2)11-12-18(15)3/h7-10H,4-6,11-12H2,1-3H3. The number of likely N-dealkylation sites (N-methyl/N-ethyl adjacent to an activating group) is 2. The molecule has 1 aliphatic rings. The normalized spacial score (nSPS) is 15.4. The molecule has 1 aliphatic heterocycles. The van der Waals surface area contributed by atoms with Crippen molar-refractivity contribution in [3.05, 3.63) is 29.8 Å². The molecule has 0 aliphatic carbocycles. The van der Waals surface area contributed by atoms with Crippen LogP contribution >= 0.6 is 0 Å². The van der Waals surface area contributed by atoms with Crippen LogP contribution in [0.3, 0.4) is 0 Å². The highest BCUT2D eigenvalue weighted by Gasteiger charge is 2.19. The van der Waals surface area contributed by atoms with E-state index in [1.165, 1.54) is 24.8 Å².